The van der Waals surface area contributed by atoms with Crippen molar-refractivity contribution in [1.29, 1.82) is 0 Å². The summed E-state index contributed by atoms with van der Waals surface area (Å²) < 4.78 is 13.1. The number of benzene rings is 1. The van der Waals surface area contributed by atoms with Crippen molar-refractivity contribution in [2.75, 3.05) is 6.54 Å². The number of aryl methyl sites for hydroxylation is 1. The van der Waals surface area contributed by atoms with Crippen molar-refractivity contribution in [3.8, 4) is 0 Å². The molecule has 0 saturated carbocycles. The fourth-order valence-corrected chi connectivity index (χ4v) is 2.12. The highest BCUT2D eigenvalue weighted by molar-refractivity contribution is 5.29. The number of rotatable bonds is 7. The van der Waals surface area contributed by atoms with Gasteiger partial charge in [-0.1, -0.05) is 32.8 Å². The summed E-state index contributed by atoms with van der Waals surface area (Å²) in [5.74, 6) is -0.143. The van der Waals surface area contributed by atoms with E-state index < -0.39 is 0 Å². The first-order valence-electron chi connectivity index (χ1n) is 6.68. The molecular weight excluding hydrogens is 213 g/mol. The van der Waals surface area contributed by atoms with Gasteiger partial charge in [0.2, 0.25) is 0 Å². The molecule has 0 saturated heterocycles. The standard InChI is InChI=1S/C15H24FN/c1-4-6-7-15(17-10-5-2)14-9-8-13(16)11-12(14)3/h8-9,11,15,17H,4-7,10H2,1-3H3. The van der Waals surface area contributed by atoms with Gasteiger partial charge in [-0.15, -0.1) is 0 Å². The van der Waals surface area contributed by atoms with Gasteiger partial charge in [0, 0.05) is 6.04 Å². The summed E-state index contributed by atoms with van der Waals surface area (Å²) in [6, 6.07) is 5.49. The molecule has 0 heterocycles. The Morgan fingerprint density at radius 2 is 2.00 bits per heavy atom. The van der Waals surface area contributed by atoms with E-state index >= 15 is 0 Å². The number of hydrogen-bond acceptors (Lipinski definition) is 1. The molecule has 1 aromatic carbocycles. The van der Waals surface area contributed by atoms with Crippen molar-refractivity contribution in [3.63, 3.8) is 0 Å². The minimum Gasteiger partial charge on any atom is -0.310 e. The lowest BCUT2D eigenvalue weighted by Crippen LogP contribution is -2.23. The van der Waals surface area contributed by atoms with Gasteiger partial charge in [-0.05, 0) is 49.6 Å². The smallest absolute Gasteiger partial charge is 0.123 e. The van der Waals surface area contributed by atoms with Gasteiger partial charge >= 0.3 is 0 Å². The molecule has 17 heavy (non-hydrogen) atoms. The first-order chi connectivity index (χ1) is 8.19. The summed E-state index contributed by atoms with van der Waals surface area (Å²) in [5.41, 5.74) is 2.29. The molecular formula is C15H24FN. The van der Waals surface area contributed by atoms with E-state index in [1.807, 2.05) is 13.0 Å². The highest BCUT2D eigenvalue weighted by Crippen LogP contribution is 2.23. The molecule has 0 aliphatic carbocycles. The molecule has 2 heteroatoms. The third-order valence-corrected chi connectivity index (χ3v) is 3.09. The summed E-state index contributed by atoms with van der Waals surface area (Å²) in [5, 5.41) is 3.56. The molecule has 1 atom stereocenters. The predicted molar refractivity (Wildman–Crippen MR) is 71.7 cm³/mol. The molecule has 0 spiro atoms. The Labute approximate surface area is 104 Å². The van der Waals surface area contributed by atoms with E-state index in [2.05, 4.69) is 19.2 Å². The maximum atomic E-state index is 13.1. The van der Waals surface area contributed by atoms with Gasteiger partial charge in [0.05, 0.1) is 0 Å². The van der Waals surface area contributed by atoms with E-state index in [-0.39, 0.29) is 5.82 Å². The van der Waals surface area contributed by atoms with Crippen molar-refractivity contribution in [2.24, 2.45) is 0 Å². The van der Waals surface area contributed by atoms with Gasteiger partial charge in [-0.3, -0.25) is 0 Å². The number of halogens is 1. The van der Waals surface area contributed by atoms with Crippen LogP contribution in [0.15, 0.2) is 18.2 Å². The van der Waals surface area contributed by atoms with Gasteiger partial charge in [0.25, 0.3) is 0 Å². The fraction of sp³-hybridized carbons (Fsp3) is 0.600. The predicted octanol–water partition coefficient (Wildman–Crippen LogP) is 4.37. The van der Waals surface area contributed by atoms with Gasteiger partial charge in [-0.2, -0.15) is 0 Å². The van der Waals surface area contributed by atoms with Crippen LogP contribution in [0.1, 0.15) is 56.7 Å². The maximum absolute atomic E-state index is 13.1. The second-order valence-corrected chi connectivity index (χ2v) is 4.65. The molecule has 1 rings (SSSR count). The molecule has 0 aliphatic rings. The molecule has 0 bridgehead atoms. The summed E-state index contributed by atoms with van der Waals surface area (Å²) >= 11 is 0. The molecule has 0 radical (unpaired) electrons. The minimum atomic E-state index is -0.143. The van der Waals surface area contributed by atoms with E-state index in [9.17, 15) is 4.39 Å². The molecule has 1 nitrogen and oxygen atoms in total. The first kappa shape index (κ1) is 14.2. The molecule has 0 aliphatic heterocycles. The summed E-state index contributed by atoms with van der Waals surface area (Å²) in [4.78, 5) is 0. The van der Waals surface area contributed by atoms with Crippen LogP contribution in [-0.4, -0.2) is 6.54 Å². The average molecular weight is 237 g/mol. The second kappa shape index (κ2) is 7.44. The third kappa shape index (κ3) is 4.47. The van der Waals surface area contributed by atoms with Gasteiger partial charge < -0.3 is 5.32 Å². The Bertz CT molecular complexity index is 328. The summed E-state index contributed by atoms with van der Waals surface area (Å²) in [6.07, 6.45) is 4.66. The van der Waals surface area contributed by atoms with Crippen molar-refractivity contribution < 1.29 is 4.39 Å². The van der Waals surface area contributed by atoms with Crippen LogP contribution >= 0.6 is 0 Å². The second-order valence-electron chi connectivity index (χ2n) is 4.65. The summed E-state index contributed by atoms with van der Waals surface area (Å²) in [6.45, 7) is 7.38. The Morgan fingerprint density at radius 3 is 2.59 bits per heavy atom. The van der Waals surface area contributed by atoms with Crippen molar-refractivity contribution in [1.82, 2.24) is 5.32 Å². The maximum Gasteiger partial charge on any atom is 0.123 e. The quantitative estimate of drug-likeness (QED) is 0.742. The number of hydrogen-bond donors (Lipinski definition) is 1. The zero-order valence-electron chi connectivity index (χ0n) is 11.2. The zero-order valence-corrected chi connectivity index (χ0v) is 11.2. The highest BCUT2D eigenvalue weighted by atomic mass is 19.1. The topological polar surface area (TPSA) is 12.0 Å². The molecule has 0 aromatic heterocycles. The van der Waals surface area contributed by atoms with Crippen molar-refractivity contribution in [2.45, 2.75) is 52.5 Å². The Balaban J connectivity index is 2.79. The largest absolute Gasteiger partial charge is 0.310 e. The first-order valence-corrected chi connectivity index (χ1v) is 6.68. The lowest BCUT2D eigenvalue weighted by atomic mass is 9.96. The molecule has 1 aromatic rings. The van der Waals surface area contributed by atoms with E-state index in [4.69, 9.17) is 0 Å². The minimum absolute atomic E-state index is 0.143. The van der Waals surface area contributed by atoms with Crippen LogP contribution in [-0.2, 0) is 0 Å². The Hall–Kier alpha value is -0.890. The molecule has 96 valence electrons. The van der Waals surface area contributed by atoms with E-state index in [1.54, 1.807) is 12.1 Å². The van der Waals surface area contributed by atoms with E-state index in [1.165, 1.54) is 18.4 Å². The molecule has 0 amide bonds. The third-order valence-electron chi connectivity index (χ3n) is 3.09. The van der Waals surface area contributed by atoms with Crippen LogP contribution in [0.3, 0.4) is 0 Å². The summed E-state index contributed by atoms with van der Waals surface area (Å²) in [7, 11) is 0. The SMILES string of the molecule is CCCCC(NCCC)c1ccc(F)cc1C. The number of nitrogens with one attached hydrogen (secondary N) is 1. The van der Waals surface area contributed by atoms with Gasteiger partial charge in [-0.25, -0.2) is 4.39 Å². The normalized spacial score (nSPS) is 12.7. The van der Waals surface area contributed by atoms with E-state index in [0.717, 1.165) is 24.9 Å². The zero-order chi connectivity index (χ0) is 12.7. The highest BCUT2D eigenvalue weighted by Gasteiger charge is 2.12. The molecule has 0 fully saturated rings. The molecule has 1 N–H and O–H groups in total. The molecule has 1 unspecified atom stereocenters. The van der Waals surface area contributed by atoms with Crippen LogP contribution < -0.4 is 5.32 Å². The van der Waals surface area contributed by atoms with Gasteiger partial charge in [0.15, 0.2) is 0 Å². The lowest BCUT2D eigenvalue weighted by Gasteiger charge is -2.20. The monoisotopic (exact) mass is 237 g/mol. The van der Waals surface area contributed by atoms with Crippen molar-refractivity contribution >= 4 is 0 Å². The van der Waals surface area contributed by atoms with Crippen LogP contribution in [0.2, 0.25) is 0 Å². The van der Waals surface area contributed by atoms with E-state index in [0.29, 0.717) is 6.04 Å². The lowest BCUT2D eigenvalue weighted by molar-refractivity contribution is 0.478. The Morgan fingerprint density at radius 1 is 1.24 bits per heavy atom. The van der Waals surface area contributed by atoms with Crippen LogP contribution in [0, 0.1) is 12.7 Å². The van der Waals surface area contributed by atoms with Crippen LogP contribution in [0.25, 0.3) is 0 Å². The fourth-order valence-electron chi connectivity index (χ4n) is 2.12. The van der Waals surface area contributed by atoms with Crippen LogP contribution in [0.5, 0.6) is 0 Å². The average Bonchev–Trinajstić information content (AvgIpc) is 2.30. The van der Waals surface area contributed by atoms with Crippen molar-refractivity contribution in [3.05, 3.63) is 35.1 Å². The Kier molecular flexibility index (Phi) is 6.20. The number of unbranched alkanes of at least 4 members (excludes halogenated alkanes) is 1. The van der Waals surface area contributed by atoms with Crippen LogP contribution in [0.4, 0.5) is 4.39 Å². The van der Waals surface area contributed by atoms with Gasteiger partial charge in [0.1, 0.15) is 5.82 Å².